The summed E-state index contributed by atoms with van der Waals surface area (Å²) >= 11 is 0. The number of ether oxygens (including phenoxy) is 1. The van der Waals surface area contributed by atoms with E-state index in [1.54, 1.807) is 19.9 Å². The number of benzene rings is 1. The van der Waals surface area contributed by atoms with Gasteiger partial charge in [-0.25, -0.2) is 4.39 Å². The van der Waals surface area contributed by atoms with Gasteiger partial charge in [-0.2, -0.15) is 0 Å². The molecule has 0 saturated heterocycles. The van der Waals surface area contributed by atoms with Crippen molar-refractivity contribution in [2.24, 2.45) is 0 Å². The van der Waals surface area contributed by atoms with Crippen LogP contribution in [0.25, 0.3) is 0 Å². The second kappa shape index (κ2) is 4.22. The Morgan fingerprint density at radius 1 is 1.50 bits per heavy atom. The van der Waals surface area contributed by atoms with Gasteiger partial charge in [0, 0.05) is 5.56 Å². The second-order valence-corrected chi connectivity index (χ2v) is 3.09. The molecule has 0 unspecified atom stereocenters. The molecule has 0 fully saturated rings. The minimum absolute atomic E-state index is 0.143. The lowest BCUT2D eigenvalue weighted by Crippen LogP contribution is -2.01. The fraction of sp³-hybridized carbons (Fsp3) is 0.364. The van der Waals surface area contributed by atoms with Crippen molar-refractivity contribution in [3.63, 3.8) is 0 Å². The van der Waals surface area contributed by atoms with Crippen LogP contribution in [0.3, 0.4) is 0 Å². The van der Waals surface area contributed by atoms with Crippen LogP contribution in [0.4, 0.5) is 4.39 Å². The Labute approximate surface area is 82.7 Å². The minimum Gasteiger partial charge on any atom is -0.491 e. The van der Waals surface area contributed by atoms with E-state index in [-0.39, 0.29) is 11.5 Å². The van der Waals surface area contributed by atoms with Gasteiger partial charge in [-0.15, -0.1) is 0 Å². The predicted octanol–water partition coefficient (Wildman–Crippen LogP) is 2.74. The molecule has 1 rings (SSSR count). The molecule has 0 atom stereocenters. The number of halogens is 1. The first-order valence-corrected chi connectivity index (χ1v) is 4.50. The fourth-order valence-electron chi connectivity index (χ4n) is 1.26. The van der Waals surface area contributed by atoms with Crippen molar-refractivity contribution >= 4 is 5.78 Å². The van der Waals surface area contributed by atoms with Crippen molar-refractivity contribution in [3.8, 4) is 5.75 Å². The van der Waals surface area contributed by atoms with Gasteiger partial charge in [0.2, 0.25) is 0 Å². The SMILES string of the molecule is CCOc1c(C)cc(C(C)=O)cc1F. The van der Waals surface area contributed by atoms with Crippen LogP contribution in [0.5, 0.6) is 5.75 Å². The molecular weight excluding hydrogens is 183 g/mol. The standard InChI is InChI=1S/C11H13FO2/c1-4-14-11-7(2)5-9(8(3)13)6-10(11)12/h5-6H,4H2,1-3H3. The number of Topliss-reactive ketones (excluding diaryl/α,β-unsaturated/α-hetero) is 1. The van der Waals surface area contributed by atoms with E-state index in [0.29, 0.717) is 17.7 Å². The van der Waals surface area contributed by atoms with Gasteiger partial charge in [-0.05, 0) is 38.5 Å². The Balaban J connectivity index is 3.18. The molecule has 0 saturated carbocycles. The van der Waals surface area contributed by atoms with E-state index in [1.165, 1.54) is 13.0 Å². The van der Waals surface area contributed by atoms with Gasteiger partial charge in [-0.3, -0.25) is 4.79 Å². The van der Waals surface area contributed by atoms with Crippen LogP contribution >= 0.6 is 0 Å². The third-order valence-electron chi connectivity index (χ3n) is 1.92. The predicted molar refractivity (Wildman–Crippen MR) is 52.3 cm³/mol. The summed E-state index contributed by atoms with van der Waals surface area (Å²) in [6, 6.07) is 2.84. The molecule has 0 aliphatic heterocycles. The number of aryl methyl sites for hydroxylation is 1. The topological polar surface area (TPSA) is 26.3 Å². The molecule has 0 heterocycles. The monoisotopic (exact) mass is 196 g/mol. The number of hydrogen-bond donors (Lipinski definition) is 0. The fourth-order valence-corrected chi connectivity index (χ4v) is 1.26. The average Bonchev–Trinajstić information content (AvgIpc) is 2.10. The third-order valence-corrected chi connectivity index (χ3v) is 1.92. The molecule has 76 valence electrons. The van der Waals surface area contributed by atoms with Crippen molar-refractivity contribution in [1.29, 1.82) is 0 Å². The zero-order chi connectivity index (χ0) is 10.7. The summed E-state index contributed by atoms with van der Waals surface area (Å²) in [5.74, 6) is -0.385. The van der Waals surface area contributed by atoms with Gasteiger partial charge >= 0.3 is 0 Å². The normalized spacial score (nSPS) is 10.0. The van der Waals surface area contributed by atoms with Crippen LogP contribution in [-0.2, 0) is 0 Å². The van der Waals surface area contributed by atoms with Gasteiger partial charge in [0.15, 0.2) is 17.3 Å². The van der Waals surface area contributed by atoms with Gasteiger partial charge in [-0.1, -0.05) is 0 Å². The minimum atomic E-state index is -0.475. The summed E-state index contributed by atoms with van der Waals surface area (Å²) in [5, 5.41) is 0. The molecular formula is C11H13FO2. The van der Waals surface area contributed by atoms with E-state index in [1.807, 2.05) is 0 Å². The molecule has 2 nitrogen and oxygen atoms in total. The van der Waals surface area contributed by atoms with E-state index < -0.39 is 5.82 Å². The van der Waals surface area contributed by atoms with Crippen molar-refractivity contribution in [2.75, 3.05) is 6.61 Å². The summed E-state index contributed by atoms with van der Waals surface area (Å²) in [7, 11) is 0. The Bertz CT molecular complexity index is 335. The third kappa shape index (κ3) is 2.10. The summed E-state index contributed by atoms with van der Waals surface area (Å²) in [6.07, 6.45) is 0. The molecule has 0 aromatic heterocycles. The Hall–Kier alpha value is -1.38. The molecule has 0 aliphatic rings. The molecule has 0 aliphatic carbocycles. The Morgan fingerprint density at radius 3 is 2.57 bits per heavy atom. The number of hydrogen-bond acceptors (Lipinski definition) is 2. The summed E-state index contributed by atoms with van der Waals surface area (Å²) < 4.78 is 18.5. The molecule has 0 amide bonds. The molecule has 0 N–H and O–H groups in total. The number of rotatable bonds is 3. The smallest absolute Gasteiger partial charge is 0.166 e. The lowest BCUT2D eigenvalue weighted by atomic mass is 10.1. The highest BCUT2D eigenvalue weighted by atomic mass is 19.1. The van der Waals surface area contributed by atoms with E-state index in [9.17, 15) is 9.18 Å². The van der Waals surface area contributed by atoms with Crippen molar-refractivity contribution < 1.29 is 13.9 Å². The van der Waals surface area contributed by atoms with Crippen LogP contribution in [0.15, 0.2) is 12.1 Å². The van der Waals surface area contributed by atoms with Crippen LogP contribution in [0.1, 0.15) is 29.8 Å². The van der Waals surface area contributed by atoms with Crippen LogP contribution < -0.4 is 4.74 Å². The van der Waals surface area contributed by atoms with Crippen molar-refractivity contribution in [3.05, 3.63) is 29.1 Å². The van der Waals surface area contributed by atoms with E-state index in [4.69, 9.17) is 4.74 Å². The molecule has 3 heteroatoms. The maximum absolute atomic E-state index is 13.4. The maximum Gasteiger partial charge on any atom is 0.166 e. The highest BCUT2D eigenvalue weighted by Gasteiger charge is 2.10. The number of carbonyl (C=O) groups is 1. The highest BCUT2D eigenvalue weighted by Crippen LogP contribution is 2.24. The maximum atomic E-state index is 13.4. The largest absolute Gasteiger partial charge is 0.491 e. The van der Waals surface area contributed by atoms with Gasteiger partial charge in [0.05, 0.1) is 6.61 Å². The molecule has 1 aromatic carbocycles. The first kappa shape index (κ1) is 10.7. The lowest BCUT2D eigenvalue weighted by Gasteiger charge is -2.09. The summed E-state index contributed by atoms with van der Waals surface area (Å²) in [5.41, 5.74) is 1.03. The molecule has 0 radical (unpaired) electrons. The quantitative estimate of drug-likeness (QED) is 0.695. The Kier molecular flexibility index (Phi) is 3.23. The van der Waals surface area contributed by atoms with E-state index in [2.05, 4.69) is 0 Å². The number of ketones is 1. The van der Waals surface area contributed by atoms with E-state index >= 15 is 0 Å². The lowest BCUT2D eigenvalue weighted by molar-refractivity contribution is 0.101. The first-order chi connectivity index (χ1) is 6.56. The van der Waals surface area contributed by atoms with Gasteiger partial charge in [0.1, 0.15) is 0 Å². The number of carbonyl (C=O) groups excluding carboxylic acids is 1. The van der Waals surface area contributed by atoms with Crippen LogP contribution in [0.2, 0.25) is 0 Å². The van der Waals surface area contributed by atoms with Crippen LogP contribution in [-0.4, -0.2) is 12.4 Å². The van der Waals surface area contributed by atoms with Crippen molar-refractivity contribution in [2.45, 2.75) is 20.8 Å². The van der Waals surface area contributed by atoms with Crippen molar-refractivity contribution in [1.82, 2.24) is 0 Å². The molecule has 0 bridgehead atoms. The molecule has 0 spiro atoms. The molecule has 14 heavy (non-hydrogen) atoms. The average molecular weight is 196 g/mol. The highest BCUT2D eigenvalue weighted by molar-refractivity contribution is 5.94. The zero-order valence-electron chi connectivity index (χ0n) is 8.56. The summed E-state index contributed by atoms with van der Waals surface area (Å²) in [6.45, 7) is 5.34. The summed E-state index contributed by atoms with van der Waals surface area (Å²) in [4.78, 5) is 11.0. The van der Waals surface area contributed by atoms with Gasteiger partial charge < -0.3 is 4.74 Å². The van der Waals surface area contributed by atoms with E-state index in [0.717, 1.165) is 0 Å². The second-order valence-electron chi connectivity index (χ2n) is 3.09. The van der Waals surface area contributed by atoms with Crippen LogP contribution in [0, 0.1) is 12.7 Å². The zero-order valence-corrected chi connectivity index (χ0v) is 8.56. The Morgan fingerprint density at radius 2 is 2.14 bits per heavy atom. The van der Waals surface area contributed by atoms with Gasteiger partial charge in [0.25, 0.3) is 0 Å². The first-order valence-electron chi connectivity index (χ1n) is 4.50. The molecule has 1 aromatic rings.